The summed E-state index contributed by atoms with van der Waals surface area (Å²) in [6, 6.07) is 8.04. The molecule has 0 aromatic heterocycles. The van der Waals surface area contributed by atoms with E-state index in [1.807, 2.05) is 36.2 Å². The molecule has 24 heavy (non-hydrogen) atoms. The lowest BCUT2D eigenvalue weighted by atomic mass is 9.86. The lowest BCUT2D eigenvalue weighted by Gasteiger charge is -2.30. The maximum Gasteiger partial charge on any atom is 0.234 e. The van der Waals surface area contributed by atoms with Crippen LogP contribution in [0, 0.1) is 5.92 Å². The monoisotopic (exact) mass is 334 g/mol. The van der Waals surface area contributed by atoms with Crippen LogP contribution < -0.4 is 5.32 Å². The number of carbonyl (C=O) groups is 1. The number of carbonyl (C=O) groups excluding carboxylic acids is 1. The molecule has 1 aliphatic carbocycles. The summed E-state index contributed by atoms with van der Waals surface area (Å²) in [6.07, 6.45) is 4.03. The molecule has 1 saturated carbocycles. The van der Waals surface area contributed by atoms with E-state index in [9.17, 15) is 9.90 Å². The molecule has 2 unspecified atom stereocenters. The molecule has 1 aliphatic rings. The molecular formula is C19H30N2O3. The molecule has 134 valence electrons. The van der Waals surface area contributed by atoms with Gasteiger partial charge in [-0.25, -0.2) is 0 Å². The van der Waals surface area contributed by atoms with Crippen molar-refractivity contribution >= 4 is 5.91 Å². The van der Waals surface area contributed by atoms with E-state index in [2.05, 4.69) is 5.32 Å². The van der Waals surface area contributed by atoms with Crippen molar-refractivity contribution in [1.82, 2.24) is 10.2 Å². The smallest absolute Gasteiger partial charge is 0.234 e. The van der Waals surface area contributed by atoms with Crippen LogP contribution in [0.4, 0.5) is 0 Å². The third-order valence-electron chi connectivity index (χ3n) is 4.62. The van der Waals surface area contributed by atoms with Crippen LogP contribution in [0.5, 0.6) is 0 Å². The van der Waals surface area contributed by atoms with E-state index in [0.717, 1.165) is 36.9 Å². The zero-order valence-corrected chi connectivity index (χ0v) is 14.8. The minimum absolute atomic E-state index is 0.0138. The predicted molar refractivity (Wildman–Crippen MR) is 94.5 cm³/mol. The summed E-state index contributed by atoms with van der Waals surface area (Å²) in [5.74, 6) is 0.308. The number of aliphatic hydroxyl groups excluding tert-OH is 1. The molecule has 0 radical (unpaired) electrons. The normalized spacial score (nSPS) is 21.0. The molecule has 1 aromatic rings. The number of hydrogen-bond donors (Lipinski definition) is 2. The Balaban J connectivity index is 1.73. The minimum atomic E-state index is -0.215. The van der Waals surface area contributed by atoms with Crippen molar-refractivity contribution in [3.8, 4) is 0 Å². The van der Waals surface area contributed by atoms with Crippen molar-refractivity contribution in [1.29, 1.82) is 0 Å². The summed E-state index contributed by atoms with van der Waals surface area (Å²) in [7, 11) is 3.62. The van der Waals surface area contributed by atoms with Gasteiger partial charge < -0.3 is 15.2 Å². The largest absolute Gasteiger partial charge is 0.393 e. The van der Waals surface area contributed by atoms with Gasteiger partial charge >= 0.3 is 0 Å². The Morgan fingerprint density at radius 1 is 1.33 bits per heavy atom. The van der Waals surface area contributed by atoms with Crippen molar-refractivity contribution < 1.29 is 14.6 Å². The van der Waals surface area contributed by atoms with Crippen molar-refractivity contribution in [3.05, 3.63) is 35.4 Å². The van der Waals surface area contributed by atoms with E-state index in [1.54, 1.807) is 7.11 Å². The van der Waals surface area contributed by atoms with Crippen LogP contribution in [0.1, 0.15) is 36.8 Å². The fraction of sp³-hybridized carbons (Fsp3) is 0.632. The van der Waals surface area contributed by atoms with Gasteiger partial charge in [0, 0.05) is 20.2 Å². The van der Waals surface area contributed by atoms with Crippen LogP contribution in [-0.2, 0) is 22.7 Å². The van der Waals surface area contributed by atoms with Gasteiger partial charge in [0.05, 0.1) is 19.3 Å². The quantitative estimate of drug-likeness (QED) is 0.763. The summed E-state index contributed by atoms with van der Waals surface area (Å²) >= 11 is 0. The Bertz CT molecular complexity index is 521. The number of amides is 1. The summed E-state index contributed by atoms with van der Waals surface area (Å²) < 4.78 is 5.13. The third-order valence-corrected chi connectivity index (χ3v) is 4.62. The zero-order valence-electron chi connectivity index (χ0n) is 14.8. The van der Waals surface area contributed by atoms with Crippen molar-refractivity contribution in [2.45, 2.75) is 44.9 Å². The fourth-order valence-electron chi connectivity index (χ4n) is 3.36. The molecule has 0 heterocycles. The van der Waals surface area contributed by atoms with E-state index in [0.29, 0.717) is 25.6 Å². The minimum Gasteiger partial charge on any atom is -0.393 e. The highest BCUT2D eigenvalue weighted by Gasteiger charge is 2.24. The highest BCUT2D eigenvalue weighted by molar-refractivity contribution is 5.77. The Hall–Kier alpha value is -1.43. The molecule has 0 aliphatic heterocycles. The molecule has 2 N–H and O–H groups in total. The van der Waals surface area contributed by atoms with Crippen LogP contribution in [0.2, 0.25) is 0 Å². The topological polar surface area (TPSA) is 61.8 Å². The number of hydrogen-bond acceptors (Lipinski definition) is 4. The Labute approximate surface area is 145 Å². The molecule has 0 saturated heterocycles. The van der Waals surface area contributed by atoms with Crippen LogP contribution in [0.25, 0.3) is 0 Å². The Kier molecular flexibility index (Phi) is 7.69. The van der Waals surface area contributed by atoms with Gasteiger partial charge in [0.1, 0.15) is 0 Å². The van der Waals surface area contributed by atoms with E-state index in [1.165, 1.54) is 6.42 Å². The third kappa shape index (κ3) is 6.23. The van der Waals surface area contributed by atoms with Gasteiger partial charge in [-0.05, 0) is 36.9 Å². The van der Waals surface area contributed by atoms with E-state index in [4.69, 9.17) is 4.74 Å². The molecule has 1 aromatic carbocycles. The summed E-state index contributed by atoms with van der Waals surface area (Å²) in [5, 5.41) is 13.0. The first-order chi connectivity index (χ1) is 11.6. The van der Waals surface area contributed by atoms with Gasteiger partial charge in [0.2, 0.25) is 5.91 Å². The SMILES string of the molecule is COCc1cccc(CNC(=O)CN(C)CC2CCCCC2O)c1. The first kappa shape index (κ1) is 18.9. The average molecular weight is 334 g/mol. The number of benzene rings is 1. The lowest BCUT2D eigenvalue weighted by Crippen LogP contribution is -2.40. The highest BCUT2D eigenvalue weighted by Crippen LogP contribution is 2.24. The Morgan fingerprint density at radius 2 is 2.08 bits per heavy atom. The van der Waals surface area contributed by atoms with Crippen molar-refractivity contribution in [2.24, 2.45) is 5.92 Å². The number of rotatable bonds is 8. The van der Waals surface area contributed by atoms with Crippen LogP contribution in [0.15, 0.2) is 24.3 Å². The molecule has 0 bridgehead atoms. The van der Waals surface area contributed by atoms with Gasteiger partial charge in [-0.15, -0.1) is 0 Å². The number of nitrogens with zero attached hydrogens (tertiary/aromatic N) is 1. The van der Waals surface area contributed by atoms with E-state index in [-0.39, 0.29) is 12.0 Å². The standard InChI is InChI=1S/C19H30N2O3/c1-21(12-17-8-3-4-9-18(17)22)13-19(23)20-11-15-6-5-7-16(10-15)14-24-2/h5-7,10,17-18,22H,3-4,8-9,11-14H2,1-2H3,(H,20,23). The van der Waals surface area contributed by atoms with Gasteiger partial charge in [0.15, 0.2) is 0 Å². The fourth-order valence-corrected chi connectivity index (χ4v) is 3.36. The summed E-state index contributed by atoms with van der Waals surface area (Å²) in [5.41, 5.74) is 2.18. The number of methoxy groups -OCH3 is 1. The first-order valence-electron chi connectivity index (χ1n) is 8.78. The maximum absolute atomic E-state index is 12.1. The van der Waals surface area contributed by atoms with Gasteiger partial charge in [-0.1, -0.05) is 37.1 Å². The molecular weight excluding hydrogens is 304 g/mol. The molecule has 1 amide bonds. The number of nitrogens with one attached hydrogen (secondary N) is 1. The molecule has 2 atom stereocenters. The highest BCUT2D eigenvalue weighted by atomic mass is 16.5. The summed E-state index contributed by atoms with van der Waals surface area (Å²) in [4.78, 5) is 14.1. The molecule has 2 rings (SSSR count). The molecule has 5 nitrogen and oxygen atoms in total. The zero-order chi connectivity index (χ0) is 17.4. The Morgan fingerprint density at radius 3 is 2.83 bits per heavy atom. The second-order valence-electron chi connectivity index (χ2n) is 6.84. The lowest BCUT2D eigenvalue weighted by molar-refractivity contribution is -0.122. The average Bonchev–Trinajstić information content (AvgIpc) is 2.56. The van der Waals surface area contributed by atoms with Gasteiger partial charge in [-0.3, -0.25) is 9.69 Å². The first-order valence-corrected chi connectivity index (χ1v) is 8.78. The van der Waals surface area contributed by atoms with E-state index < -0.39 is 0 Å². The molecule has 1 fully saturated rings. The maximum atomic E-state index is 12.1. The second kappa shape index (κ2) is 9.77. The van der Waals surface area contributed by atoms with Gasteiger partial charge in [-0.2, -0.15) is 0 Å². The number of ether oxygens (including phenoxy) is 1. The number of aliphatic hydroxyl groups is 1. The molecule has 5 heteroatoms. The van der Waals surface area contributed by atoms with Crippen molar-refractivity contribution in [3.63, 3.8) is 0 Å². The van der Waals surface area contributed by atoms with Crippen LogP contribution >= 0.6 is 0 Å². The summed E-state index contributed by atoms with van der Waals surface area (Å²) in [6.45, 7) is 2.24. The van der Waals surface area contributed by atoms with Gasteiger partial charge in [0.25, 0.3) is 0 Å². The van der Waals surface area contributed by atoms with Crippen LogP contribution in [0.3, 0.4) is 0 Å². The van der Waals surface area contributed by atoms with Crippen LogP contribution in [-0.4, -0.2) is 49.3 Å². The second-order valence-corrected chi connectivity index (χ2v) is 6.84. The predicted octanol–water partition coefficient (Wildman–Crippen LogP) is 1.93. The molecule has 0 spiro atoms. The van der Waals surface area contributed by atoms with E-state index >= 15 is 0 Å². The van der Waals surface area contributed by atoms with Crippen molar-refractivity contribution in [2.75, 3.05) is 27.2 Å². The number of likely N-dealkylation sites (N-methyl/N-ethyl adjacent to an activating group) is 1.